The number of rotatable bonds is 3. The fourth-order valence-corrected chi connectivity index (χ4v) is 3.03. The number of hydrogen-bond acceptors (Lipinski definition) is 2. The Kier molecular flexibility index (Phi) is 3.19. The third-order valence-electron chi connectivity index (χ3n) is 4.17. The van der Waals surface area contributed by atoms with Gasteiger partial charge >= 0.3 is 5.69 Å². The first-order valence-corrected chi connectivity index (χ1v) is 7.07. The minimum atomic E-state index is 0.0178. The summed E-state index contributed by atoms with van der Waals surface area (Å²) in [4.78, 5) is 17.5. The molecule has 1 aliphatic rings. The summed E-state index contributed by atoms with van der Waals surface area (Å²) in [5.41, 5.74) is 1.98. The molecule has 3 rings (SSSR count). The van der Waals surface area contributed by atoms with Crippen LogP contribution < -0.4 is 5.69 Å². The normalized spacial score (nSPS) is 20.7. The molecule has 1 aliphatic heterocycles. The smallest absolute Gasteiger partial charge is 0.306 e. The first-order chi connectivity index (χ1) is 9.15. The summed E-state index contributed by atoms with van der Waals surface area (Å²) in [5.74, 6) is 0.583. The molecule has 0 amide bonds. The van der Waals surface area contributed by atoms with Gasteiger partial charge in [0.2, 0.25) is 0 Å². The van der Waals surface area contributed by atoms with Gasteiger partial charge in [0.05, 0.1) is 11.0 Å². The van der Waals surface area contributed by atoms with Crippen molar-refractivity contribution < 1.29 is 0 Å². The average molecular weight is 259 g/mol. The Morgan fingerprint density at radius 1 is 1.37 bits per heavy atom. The second-order valence-electron chi connectivity index (χ2n) is 5.80. The van der Waals surface area contributed by atoms with E-state index in [2.05, 4.69) is 23.7 Å². The van der Waals surface area contributed by atoms with Crippen LogP contribution in [0.3, 0.4) is 0 Å². The van der Waals surface area contributed by atoms with Crippen LogP contribution in [0.15, 0.2) is 29.1 Å². The number of aromatic amines is 1. The second kappa shape index (κ2) is 4.85. The maximum Gasteiger partial charge on any atom is 0.326 e. The van der Waals surface area contributed by atoms with Crippen molar-refractivity contribution in [1.29, 1.82) is 0 Å². The van der Waals surface area contributed by atoms with E-state index in [1.165, 1.54) is 6.42 Å². The number of nitrogens with zero attached hydrogens (tertiary/aromatic N) is 2. The zero-order valence-electron chi connectivity index (χ0n) is 11.6. The first kappa shape index (κ1) is 12.5. The topological polar surface area (TPSA) is 41.0 Å². The number of fused-ring (bicyclic) bond motifs is 1. The maximum atomic E-state index is 12.0. The molecular weight excluding hydrogens is 238 g/mol. The van der Waals surface area contributed by atoms with Crippen LogP contribution in [0.5, 0.6) is 0 Å². The van der Waals surface area contributed by atoms with Crippen LogP contribution >= 0.6 is 0 Å². The number of para-hydroxylation sites is 2. The third-order valence-corrected chi connectivity index (χ3v) is 4.17. The molecule has 0 radical (unpaired) electrons. The highest BCUT2D eigenvalue weighted by molar-refractivity contribution is 5.74. The van der Waals surface area contributed by atoms with Gasteiger partial charge in [0.15, 0.2) is 0 Å². The molecule has 1 fully saturated rings. The third kappa shape index (κ3) is 2.32. The monoisotopic (exact) mass is 259 g/mol. The number of hydrogen-bond donors (Lipinski definition) is 1. The van der Waals surface area contributed by atoms with Gasteiger partial charge in [0.25, 0.3) is 0 Å². The van der Waals surface area contributed by atoms with Crippen LogP contribution in [-0.4, -0.2) is 33.6 Å². The quantitative estimate of drug-likeness (QED) is 0.916. The van der Waals surface area contributed by atoms with Crippen molar-refractivity contribution in [3.63, 3.8) is 0 Å². The van der Waals surface area contributed by atoms with Crippen LogP contribution in [0.4, 0.5) is 0 Å². The van der Waals surface area contributed by atoms with Crippen molar-refractivity contribution in [3.8, 4) is 0 Å². The molecule has 1 atom stereocenters. The van der Waals surface area contributed by atoms with E-state index < -0.39 is 0 Å². The van der Waals surface area contributed by atoms with Gasteiger partial charge in [0, 0.05) is 19.1 Å². The largest absolute Gasteiger partial charge is 0.326 e. The first-order valence-electron chi connectivity index (χ1n) is 7.07. The number of likely N-dealkylation sites (tertiary alicyclic amines) is 1. The zero-order valence-corrected chi connectivity index (χ0v) is 11.6. The van der Waals surface area contributed by atoms with Crippen molar-refractivity contribution in [2.75, 3.05) is 13.1 Å². The van der Waals surface area contributed by atoms with Crippen molar-refractivity contribution in [2.45, 2.75) is 32.9 Å². The van der Waals surface area contributed by atoms with E-state index in [4.69, 9.17) is 0 Å². The van der Waals surface area contributed by atoms with Crippen LogP contribution in [0, 0.1) is 5.92 Å². The molecule has 0 saturated carbocycles. The van der Waals surface area contributed by atoms with Crippen LogP contribution in [-0.2, 0) is 6.54 Å². The molecule has 0 aliphatic carbocycles. The fraction of sp³-hybridized carbons (Fsp3) is 0.533. The second-order valence-corrected chi connectivity index (χ2v) is 5.80. The lowest BCUT2D eigenvalue weighted by Crippen LogP contribution is -2.29. The molecule has 0 bridgehead atoms. The summed E-state index contributed by atoms with van der Waals surface area (Å²) >= 11 is 0. The summed E-state index contributed by atoms with van der Waals surface area (Å²) in [6.45, 7) is 7.55. The highest BCUT2D eigenvalue weighted by atomic mass is 16.1. The number of nitrogens with one attached hydrogen (secondary N) is 1. The Morgan fingerprint density at radius 3 is 2.89 bits per heavy atom. The molecular formula is C15H21N3O. The molecule has 102 valence electrons. The number of H-pyrrole nitrogens is 1. The van der Waals surface area contributed by atoms with Gasteiger partial charge in [-0.15, -0.1) is 0 Å². The lowest BCUT2D eigenvalue weighted by Gasteiger charge is -2.20. The molecule has 0 spiro atoms. The minimum Gasteiger partial charge on any atom is -0.306 e. The predicted octanol–water partition coefficient (Wildman–Crippen LogP) is 2.06. The predicted molar refractivity (Wildman–Crippen MR) is 77.4 cm³/mol. The summed E-state index contributed by atoms with van der Waals surface area (Å²) in [6, 6.07) is 8.52. The molecule has 4 heteroatoms. The fourth-order valence-electron chi connectivity index (χ4n) is 3.03. The zero-order chi connectivity index (χ0) is 13.4. The summed E-state index contributed by atoms with van der Waals surface area (Å²) in [5, 5.41) is 0. The molecule has 0 unspecified atom stereocenters. The van der Waals surface area contributed by atoms with Gasteiger partial charge in [-0.1, -0.05) is 12.1 Å². The number of benzene rings is 1. The van der Waals surface area contributed by atoms with Gasteiger partial charge in [-0.2, -0.15) is 0 Å². The van der Waals surface area contributed by atoms with E-state index in [1.54, 1.807) is 0 Å². The average Bonchev–Trinajstić information content (AvgIpc) is 2.96. The van der Waals surface area contributed by atoms with E-state index >= 15 is 0 Å². The summed E-state index contributed by atoms with van der Waals surface area (Å²) in [7, 11) is 0. The van der Waals surface area contributed by atoms with E-state index in [-0.39, 0.29) is 5.69 Å². The van der Waals surface area contributed by atoms with Gasteiger partial charge in [0.1, 0.15) is 0 Å². The van der Waals surface area contributed by atoms with Gasteiger partial charge < -0.3 is 9.88 Å². The SMILES string of the molecule is CC(C)N1CC[C@H](Cn2c(=O)[nH]c3ccccc32)C1. The molecule has 2 aromatic rings. The lowest BCUT2D eigenvalue weighted by atomic mass is 10.1. The number of imidazole rings is 1. The highest BCUT2D eigenvalue weighted by Crippen LogP contribution is 2.21. The molecule has 19 heavy (non-hydrogen) atoms. The van der Waals surface area contributed by atoms with Gasteiger partial charge in [-0.05, 0) is 44.9 Å². The molecule has 1 N–H and O–H groups in total. The lowest BCUT2D eigenvalue weighted by molar-refractivity contribution is 0.261. The standard InChI is InChI=1S/C15H21N3O/c1-11(2)17-8-7-12(9-17)10-18-14-6-4-3-5-13(14)16-15(18)19/h3-6,11-12H,7-10H2,1-2H3,(H,16,19)/t12-/m0/s1. The van der Waals surface area contributed by atoms with Crippen LogP contribution in [0.25, 0.3) is 11.0 Å². The van der Waals surface area contributed by atoms with Gasteiger partial charge in [-0.25, -0.2) is 4.79 Å². The van der Waals surface area contributed by atoms with Crippen LogP contribution in [0.2, 0.25) is 0 Å². The van der Waals surface area contributed by atoms with Crippen LogP contribution in [0.1, 0.15) is 20.3 Å². The Bertz CT molecular complexity index is 626. The van der Waals surface area contributed by atoms with E-state index in [9.17, 15) is 4.79 Å². The summed E-state index contributed by atoms with van der Waals surface area (Å²) in [6.07, 6.45) is 1.18. The van der Waals surface area contributed by atoms with Crippen molar-refractivity contribution >= 4 is 11.0 Å². The maximum absolute atomic E-state index is 12.0. The molecule has 4 nitrogen and oxygen atoms in total. The highest BCUT2D eigenvalue weighted by Gasteiger charge is 2.25. The van der Waals surface area contributed by atoms with Crippen molar-refractivity contribution in [2.24, 2.45) is 5.92 Å². The molecule has 1 saturated heterocycles. The Hall–Kier alpha value is -1.55. The molecule has 1 aromatic carbocycles. The van der Waals surface area contributed by atoms with E-state index in [0.29, 0.717) is 12.0 Å². The Morgan fingerprint density at radius 2 is 2.16 bits per heavy atom. The Labute approximate surface area is 113 Å². The number of aromatic nitrogens is 2. The van der Waals surface area contributed by atoms with Crippen molar-refractivity contribution in [1.82, 2.24) is 14.5 Å². The van der Waals surface area contributed by atoms with Crippen molar-refractivity contribution in [3.05, 3.63) is 34.7 Å². The molecule has 1 aromatic heterocycles. The summed E-state index contributed by atoms with van der Waals surface area (Å²) < 4.78 is 1.89. The van der Waals surface area contributed by atoms with E-state index in [0.717, 1.165) is 30.7 Å². The Balaban J connectivity index is 1.83. The minimum absolute atomic E-state index is 0.0178. The van der Waals surface area contributed by atoms with Gasteiger partial charge in [-0.3, -0.25) is 4.57 Å². The van der Waals surface area contributed by atoms with E-state index in [1.807, 2.05) is 28.8 Å². The molecule has 2 heterocycles.